The molecule has 3 rings (SSSR count). The zero-order chi connectivity index (χ0) is 13.9. The van der Waals surface area contributed by atoms with E-state index in [9.17, 15) is 4.79 Å². The number of rotatable bonds is 4. The normalized spacial score (nSPS) is 14.8. The average Bonchev–Trinajstić information content (AvgIpc) is 2.42. The number of carbonyl (C=O) groups is 1. The standard InChI is InChI=1S/C15H15NO3S/c1-18-11-5-6-13-12(9-11)14(7-8-16-13)20-19-15(17)10-3-2-4-10/h5-10H,2-4H2,1H3. The third-order valence-electron chi connectivity index (χ3n) is 3.56. The van der Waals surface area contributed by atoms with Gasteiger partial charge < -0.3 is 8.92 Å². The number of hydrogen-bond donors (Lipinski definition) is 0. The maximum absolute atomic E-state index is 11.8. The van der Waals surface area contributed by atoms with Crippen molar-refractivity contribution in [3.8, 4) is 5.75 Å². The number of benzene rings is 1. The number of fused-ring (bicyclic) bond motifs is 1. The Bertz CT molecular complexity index is 640. The minimum Gasteiger partial charge on any atom is -0.497 e. The van der Waals surface area contributed by atoms with Crippen LogP contribution in [0, 0.1) is 5.92 Å². The number of nitrogens with zero attached hydrogens (tertiary/aromatic N) is 1. The lowest BCUT2D eigenvalue weighted by Crippen LogP contribution is -2.22. The van der Waals surface area contributed by atoms with Crippen LogP contribution in [0.2, 0.25) is 0 Å². The van der Waals surface area contributed by atoms with Crippen molar-refractivity contribution < 1.29 is 13.7 Å². The molecule has 0 amide bonds. The summed E-state index contributed by atoms with van der Waals surface area (Å²) in [5, 5.41) is 0.929. The van der Waals surface area contributed by atoms with Crippen LogP contribution >= 0.6 is 12.0 Å². The summed E-state index contributed by atoms with van der Waals surface area (Å²) in [7, 11) is 1.63. The summed E-state index contributed by atoms with van der Waals surface area (Å²) in [6, 6.07) is 7.51. The van der Waals surface area contributed by atoms with E-state index in [1.54, 1.807) is 13.3 Å². The van der Waals surface area contributed by atoms with Crippen LogP contribution in [0.3, 0.4) is 0 Å². The van der Waals surface area contributed by atoms with Gasteiger partial charge in [-0.05, 0) is 37.1 Å². The molecule has 0 aliphatic heterocycles. The van der Waals surface area contributed by atoms with Gasteiger partial charge in [0.05, 0.1) is 35.5 Å². The van der Waals surface area contributed by atoms with Gasteiger partial charge in [-0.2, -0.15) is 0 Å². The van der Waals surface area contributed by atoms with Crippen LogP contribution in [0.5, 0.6) is 5.75 Å². The number of methoxy groups -OCH3 is 1. The highest BCUT2D eigenvalue weighted by Crippen LogP contribution is 2.33. The quantitative estimate of drug-likeness (QED) is 0.805. The van der Waals surface area contributed by atoms with Gasteiger partial charge in [0.25, 0.3) is 0 Å². The first-order chi connectivity index (χ1) is 9.78. The van der Waals surface area contributed by atoms with Gasteiger partial charge in [-0.25, -0.2) is 0 Å². The Labute approximate surface area is 121 Å². The van der Waals surface area contributed by atoms with Gasteiger partial charge in [-0.1, -0.05) is 6.42 Å². The Morgan fingerprint density at radius 3 is 2.90 bits per heavy atom. The number of pyridine rings is 1. The Balaban J connectivity index is 1.81. The highest BCUT2D eigenvalue weighted by molar-refractivity contribution is 7.95. The predicted molar refractivity (Wildman–Crippen MR) is 77.6 cm³/mol. The van der Waals surface area contributed by atoms with E-state index in [4.69, 9.17) is 8.92 Å². The Hall–Kier alpha value is -1.75. The monoisotopic (exact) mass is 289 g/mol. The molecule has 5 heteroatoms. The number of carbonyl (C=O) groups excluding carboxylic acids is 1. The summed E-state index contributed by atoms with van der Waals surface area (Å²) in [6.45, 7) is 0. The fourth-order valence-corrected chi connectivity index (χ4v) is 2.78. The van der Waals surface area contributed by atoms with E-state index < -0.39 is 0 Å². The molecule has 1 aliphatic rings. The Morgan fingerprint density at radius 1 is 1.35 bits per heavy atom. The first kappa shape index (κ1) is 13.2. The van der Waals surface area contributed by atoms with Crippen LogP contribution < -0.4 is 4.74 Å². The zero-order valence-electron chi connectivity index (χ0n) is 11.2. The molecule has 1 heterocycles. The van der Waals surface area contributed by atoms with E-state index in [2.05, 4.69) is 4.98 Å². The van der Waals surface area contributed by atoms with E-state index in [1.807, 2.05) is 24.3 Å². The molecule has 1 aromatic heterocycles. The minimum absolute atomic E-state index is 0.0881. The molecule has 4 nitrogen and oxygen atoms in total. The first-order valence-corrected chi connectivity index (χ1v) is 7.33. The number of ether oxygens (including phenoxy) is 1. The molecule has 0 bridgehead atoms. The topological polar surface area (TPSA) is 48.4 Å². The van der Waals surface area contributed by atoms with Crippen molar-refractivity contribution in [3.05, 3.63) is 30.5 Å². The second-order valence-electron chi connectivity index (χ2n) is 4.81. The van der Waals surface area contributed by atoms with Gasteiger partial charge in [0.15, 0.2) is 0 Å². The molecule has 0 atom stereocenters. The third kappa shape index (κ3) is 2.58. The second kappa shape index (κ2) is 5.71. The molecule has 0 spiro atoms. The van der Waals surface area contributed by atoms with Crippen LogP contribution in [0.4, 0.5) is 0 Å². The third-order valence-corrected chi connectivity index (χ3v) is 4.34. The summed E-state index contributed by atoms with van der Waals surface area (Å²) in [4.78, 5) is 16.9. The highest BCUT2D eigenvalue weighted by atomic mass is 32.2. The summed E-state index contributed by atoms with van der Waals surface area (Å²) >= 11 is 1.11. The van der Waals surface area contributed by atoms with Gasteiger partial charge in [0.2, 0.25) is 0 Å². The highest BCUT2D eigenvalue weighted by Gasteiger charge is 2.27. The van der Waals surface area contributed by atoms with Crippen molar-refractivity contribution in [3.63, 3.8) is 0 Å². The van der Waals surface area contributed by atoms with Crippen molar-refractivity contribution >= 4 is 28.9 Å². The van der Waals surface area contributed by atoms with Crippen molar-refractivity contribution in [1.29, 1.82) is 0 Å². The number of hydrogen-bond acceptors (Lipinski definition) is 5. The molecule has 2 aromatic rings. The van der Waals surface area contributed by atoms with E-state index >= 15 is 0 Å². The van der Waals surface area contributed by atoms with Crippen LogP contribution in [0.25, 0.3) is 10.9 Å². The molecule has 0 saturated heterocycles. The van der Waals surface area contributed by atoms with E-state index in [0.717, 1.165) is 52.9 Å². The van der Waals surface area contributed by atoms with Crippen LogP contribution in [0.1, 0.15) is 19.3 Å². The molecule has 1 aliphatic carbocycles. The Morgan fingerprint density at radius 2 is 2.20 bits per heavy atom. The molecule has 1 saturated carbocycles. The predicted octanol–water partition coefficient (Wildman–Crippen LogP) is 3.59. The van der Waals surface area contributed by atoms with E-state index in [0.29, 0.717) is 0 Å². The summed E-state index contributed by atoms with van der Waals surface area (Å²) < 4.78 is 10.5. The molecule has 0 radical (unpaired) electrons. The molecular weight excluding hydrogens is 274 g/mol. The molecule has 20 heavy (non-hydrogen) atoms. The van der Waals surface area contributed by atoms with Crippen LogP contribution in [0.15, 0.2) is 35.4 Å². The van der Waals surface area contributed by atoms with Crippen molar-refractivity contribution in [2.24, 2.45) is 5.92 Å². The van der Waals surface area contributed by atoms with Gasteiger partial charge in [0.1, 0.15) is 5.75 Å². The smallest absolute Gasteiger partial charge is 0.321 e. The van der Waals surface area contributed by atoms with Crippen LogP contribution in [-0.4, -0.2) is 18.1 Å². The molecular formula is C15H15NO3S. The summed E-state index contributed by atoms with van der Waals surface area (Å²) in [6.07, 6.45) is 4.74. The van der Waals surface area contributed by atoms with Crippen molar-refractivity contribution in [1.82, 2.24) is 4.98 Å². The van der Waals surface area contributed by atoms with Gasteiger partial charge >= 0.3 is 5.97 Å². The molecule has 104 valence electrons. The maximum Gasteiger partial charge on any atom is 0.321 e. The van der Waals surface area contributed by atoms with Gasteiger partial charge in [-0.15, -0.1) is 0 Å². The van der Waals surface area contributed by atoms with E-state index in [1.165, 1.54) is 0 Å². The van der Waals surface area contributed by atoms with E-state index in [-0.39, 0.29) is 11.9 Å². The molecule has 1 aromatic carbocycles. The molecule has 0 unspecified atom stereocenters. The average molecular weight is 289 g/mol. The Kier molecular flexibility index (Phi) is 3.78. The molecule has 0 N–H and O–H groups in total. The summed E-state index contributed by atoms with van der Waals surface area (Å²) in [5.41, 5.74) is 0.857. The summed E-state index contributed by atoms with van der Waals surface area (Å²) in [5.74, 6) is 0.733. The largest absolute Gasteiger partial charge is 0.497 e. The first-order valence-electron chi connectivity index (χ1n) is 6.59. The lowest BCUT2D eigenvalue weighted by Gasteiger charge is -2.22. The van der Waals surface area contributed by atoms with Crippen molar-refractivity contribution in [2.45, 2.75) is 24.2 Å². The zero-order valence-corrected chi connectivity index (χ0v) is 12.0. The molecule has 1 fully saturated rings. The second-order valence-corrected chi connectivity index (χ2v) is 5.58. The lowest BCUT2D eigenvalue weighted by molar-refractivity contribution is -0.140. The lowest BCUT2D eigenvalue weighted by atomic mass is 9.86. The fraction of sp³-hybridized carbons (Fsp3) is 0.333. The fourth-order valence-electron chi connectivity index (χ4n) is 2.10. The van der Waals surface area contributed by atoms with Crippen molar-refractivity contribution in [2.75, 3.05) is 7.11 Å². The minimum atomic E-state index is -0.117. The van der Waals surface area contributed by atoms with Gasteiger partial charge in [0, 0.05) is 11.6 Å². The maximum atomic E-state index is 11.8. The van der Waals surface area contributed by atoms with Crippen LogP contribution in [-0.2, 0) is 8.98 Å². The number of aromatic nitrogens is 1. The SMILES string of the molecule is COc1ccc2nccc(SOC(=O)C3CCC3)c2c1. The van der Waals surface area contributed by atoms with Gasteiger partial charge in [-0.3, -0.25) is 9.78 Å².